The van der Waals surface area contributed by atoms with E-state index in [0.29, 0.717) is 11.3 Å². The van der Waals surface area contributed by atoms with Gasteiger partial charge in [0.25, 0.3) is 5.69 Å². The van der Waals surface area contributed by atoms with Crippen LogP contribution in [0.15, 0.2) is 53.7 Å². The van der Waals surface area contributed by atoms with Gasteiger partial charge in [0, 0.05) is 16.8 Å². The number of rotatable bonds is 5. The van der Waals surface area contributed by atoms with Gasteiger partial charge >= 0.3 is 0 Å². The SMILES string of the molecule is COc1cc([N+](=O)[O-])c(C2NC(=S)NC(C)=C2C(=O)c2ccccc2)cc1O. The average molecular weight is 399 g/mol. The summed E-state index contributed by atoms with van der Waals surface area (Å²) in [6.07, 6.45) is 0. The van der Waals surface area contributed by atoms with Crippen molar-refractivity contribution in [1.29, 1.82) is 0 Å². The minimum absolute atomic E-state index is 0.0383. The molecule has 0 aliphatic carbocycles. The van der Waals surface area contributed by atoms with E-state index in [0.717, 1.165) is 6.07 Å². The van der Waals surface area contributed by atoms with Crippen molar-refractivity contribution in [3.05, 3.63) is 75.0 Å². The van der Waals surface area contributed by atoms with Crippen molar-refractivity contribution in [2.75, 3.05) is 7.11 Å². The second-order valence-electron chi connectivity index (χ2n) is 6.11. The second-order valence-corrected chi connectivity index (χ2v) is 6.51. The fraction of sp³-hybridized carbons (Fsp3) is 0.158. The Morgan fingerprint density at radius 2 is 1.96 bits per heavy atom. The van der Waals surface area contributed by atoms with Gasteiger partial charge in [-0.15, -0.1) is 0 Å². The van der Waals surface area contributed by atoms with Crippen LogP contribution < -0.4 is 15.4 Å². The molecule has 2 aromatic carbocycles. The van der Waals surface area contributed by atoms with Crippen LogP contribution in [0.2, 0.25) is 0 Å². The first-order valence-electron chi connectivity index (χ1n) is 8.26. The third kappa shape index (κ3) is 3.52. The van der Waals surface area contributed by atoms with Crippen molar-refractivity contribution >= 4 is 28.8 Å². The van der Waals surface area contributed by atoms with Crippen LogP contribution in [-0.4, -0.2) is 28.0 Å². The third-order valence-corrected chi connectivity index (χ3v) is 4.61. The monoisotopic (exact) mass is 399 g/mol. The summed E-state index contributed by atoms with van der Waals surface area (Å²) in [7, 11) is 1.30. The molecule has 1 aliphatic heterocycles. The molecule has 3 N–H and O–H groups in total. The number of nitrogens with one attached hydrogen (secondary N) is 2. The van der Waals surface area contributed by atoms with Crippen molar-refractivity contribution in [2.24, 2.45) is 0 Å². The molecule has 0 saturated heterocycles. The number of phenols is 1. The van der Waals surface area contributed by atoms with Crippen LogP contribution in [0.3, 0.4) is 0 Å². The average Bonchev–Trinajstić information content (AvgIpc) is 2.67. The Balaban J connectivity index is 2.20. The molecule has 1 atom stereocenters. The Kier molecular flexibility index (Phi) is 5.27. The van der Waals surface area contributed by atoms with Crippen LogP contribution in [0.1, 0.15) is 28.9 Å². The van der Waals surface area contributed by atoms with E-state index in [1.165, 1.54) is 13.2 Å². The molecule has 28 heavy (non-hydrogen) atoms. The number of nitro groups is 1. The molecule has 0 bridgehead atoms. The highest BCUT2D eigenvalue weighted by atomic mass is 32.1. The highest BCUT2D eigenvalue weighted by Crippen LogP contribution is 2.40. The molecule has 3 rings (SSSR count). The van der Waals surface area contributed by atoms with Crippen molar-refractivity contribution in [3.63, 3.8) is 0 Å². The van der Waals surface area contributed by atoms with Gasteiger partial charge in [0.1, 0.15) is 0 Å². The van der Waals surface area contributed by atoms with Gasteiger partial charge < -0.3 is 20.5 Å². The van der Waals surface area contributed by atoms with Crippen LogP contribution >= 0.6 is 12.2 Å². The van der Waals surface area contributed by atoms with Crippen LogP contribution in [-0.2, 0) is 0 Å². The van der Waals surface area contributed by atoms with Gasteiger partial charge in [0.05, 0.1) is 29.7 Å². The third-order valence-electron chi connectivity index (χ3n) is 4.39. The Morgan fingerprint density at radius 3 is 2.57 bits per heavy atom. The minimum Gasteiger partial charge on any atom is -0.504 e. The molecule has 0 saturated carbocycles. The van der Waals surface area contributed by atoms with E-state index in [-0.39, 0.29) is 39.2 Å². The summed E-state index contributed by atoms with van der Waals surface area (Å²) in [6, 6.07) is 9.99. The number of aromatic hydroxyl groups is 1. The molecule has 2 aromatic rings. The smallest absolute Gasteiger partial charge is 0.279 e. The first kappa shape index (κ1) is 19.3. The summed E-state index contributed by atoms with van der Waals surface area (Å²) in [5.74, 6) is -0.627. The number of nitrogens with zero attached hydrogens (tertiary/aromatic N) is 1. The predicted molar refractivity (Wildman–Crippen MR) is 106 cm³/mol. The number of methoxy groups -OCH3 is 1. The number of benzene rings is 2. The molecule has 0 amide bonds. The number of thiocarbonyl (C=S) groups is 1. The number of nitro benzene ring substituents is 1. The van der Waals surface area contributed by atoms with E-state index in [4.69, 9.17) is 17.0 Å². The molecule has 1 unspecified atom stereocenters. The van der Waals surface area contributed by atoms with Crippen LogP contribution in [0, 0.1) is 10.1 Å². The van der Waals surface area contributed by atoms with Crippen molar-refractivity contribution in [3.8, 4) is 11.5 Å². The zero-order valence-corrected chi connectivity index (χ0v) is 15.9. The van der Waals surface area contributed by atoms with Gasteiger partial charge in [0.2, 0.25) is 0 Å². The maximum atomic E-state index is 13.2. The van der Waals surface area contributed by atoms with Crippen LogP contribution in [0.25, 0.3) is 0 Å². The Labute approximate surface area is 166 Å². The highest BCUT2D eigenvalue weighted by Gasteiger charge is 2.35. The van der Waals surface area contributed by atoms with Gasteiger partial charge in [0.15, 0.2) is 22.4 Å². The maximum absolute atomic E-state index is 13.2. The fourth-order valence-electron chi connectivity index (χ4n) is 3.10. The molecule has 9 heteroatoms. The lowest BCUT2D eigenvalue weighted by atomic mass is 9.88. The topological polar surface area (TPSA) is 114 Å². The maximum Gasteiger partial charge on any atom is 0.279 e. The van der Waals surface area contributed by atoms with E-state index in [9.17, 15) is 20.0 Å². The second kappa shape index (κ2) is 7.65. The molecule has 0 spiro atoms. The minimum atomic E-state index is -0.918. The lowest BCUT2D eigenvalue weighted by molar-refractivity contribution is -0.385. The fourth-order valence-corrected chi connectivity index (χ4v) is 3.37. The quantitative estimate of drug-likeness (QED) is 0.304. The number of hydrogen-bond acceptors (Lipinski definition) is 6. The molecular weight excluding hydrogens is 382 g/mol. The lowest BCUT2D eigenvalue weighted by Gasteiger charge is -2.30. The standard InChI is InChI=1S/C19H17N3O5S/c1-10-16(18(24)11-6-4-3-5-7-11)17(21-19(28)20-10)12-8-14(23)15(27-2)9-13(12)22(25)26/h3-9,17,23H,1-2H3,(H2,20,21,28). The Hall–Kier alpha value is -3.46. The van der Waals surface area contributed by atoms with Crippen molar-refractivity contribution in [1.82, 2.24) is 10.6 Å². The largest absolute Gasteiger partial charge is 0.504 e. The van der Waals surface area contributed by atoms with Gasteiger partial charge in [-0.3, -0.25) is 14.9 Å². The normalized spacial score (nSPS) is 16.2. The van der Waals surface area contributed by atoms with Crippen LogP contribution in [0.4, 0.5) is 5.69 Å². The van der Waals surface area contributed by atoms with E-state index in [2.05, 4.69) is 10.6 Å². The molecule has 0 aromatic heterocycles. The summed E-state index contributed by atoms with van der Waals surface area (Å²) in [5, 5.41) is 27.8. The molecule has 1 heterocycles. The van der Waals surface area contributed by atoms with E-state index in [1.807, 2.05) is 0 Å². The highest BCUT2D eigenvalue weighted by molar-refractivity contribution is 7.80. The van der Waals surface area contributed by atoms with Gasteiger partial charge in [-0.25, -0.2) is 0 Å². The predicted octanol–water partition coefficient (Wildman–Crippen LogP) is 2.98. The number of carbonyl (C=O) groups excluding carboxylic acids is 1. The van der Waals surface area contributed by atoms with Crippen molar-refractivity contribution < 1.29 is 19.6 Å². The lowest BCUT2D eigenvalue weighted by Crippen LogP contribution is -2.45. The number of hydrogen-bond donors (Lipinski definition) is 3. The number of ketones is 1. The Bertz CT molecular complexity index is 1000. The molecule has 144 valence electrons. The summed E-state index contributed by atoms with van der Waals surface area (Å²) < 4.78 is 4.97. The van der Waals surface area contributed by atoms with Gasteiger partial charge in [-0.05, 0) is 25.2 Å². The number of allylic oxidation sites excluding steroid dienone is 1. The molecule has 0 radical (unpaired) electrons. The first-order chi connectivity index (χ1) is 13.3. The van der Waals surface area contributed by atoms with Crippen molar-refractivity contribution in [2.45, 2.75) is 13.0 Å². The first-order valence-corrected chi connectivity index (χ1v) is 8.67. The van der Waals surface area contributed by atoms with E-state index >= 15 is 0 Å². The Morgan fingerprint density at radius 1 is 1.29 bits per heavy atom. The molecule has 1 aliphatic rings. The number of phenolic OH excluding ortho intramolecular Hbond substituents is 1. The number of Topliss-reactive ketones (excluding diaryl/α,β-unsaturated/α-hetero) is 1. The zero-order chi connectivity index (χ0) is 20.4. The molecular formula is C19H17N3O5S. The van der Waals surface area contributed by atoms with E-state index < -0.39 is 11.0 Å². The van der Waals surface area contributed by atoms with E-state index in [1.54, 1.807) is 37.3 Å². The summed E-state index contributed by atoms with van der Waals surface area (Å²) in [5.41, 5.74) is 0.979. The molecule has 8 nitrogen and oxygen atoms in total. The van der Waals surface area contributed by atoms with Gasteiger partial charge in [-0.2, -0.15) is 0 Å². The summed E-state index contributed by atoms with van der Waals surface area (Å²) in [6.45, 7) is 1.67. The zero-order valence-electron chi connectivity index (χ0n) is 15.1. The molecule has 0 fully saturated rings. The van der Waals surface area contributed by atoms with Crippen LogP contribution in [0.5, 0.6) is 11.5 Å². The number of carbonyl (C=O) groups is 1. The summed E-state index contributed by atoms with van der Waals surface area (Å²) >= 11 is 5.18. The summed E-state index contributed by atoms with van der Waals surface area (Å²) in [4.78, 5) is 24.2. The number of ether oxygens (including phenoxy) is 1. The van der Waals surface area contributed by atoms with Gasteiger partial charge in [-0.1, -0.05) is 30.3 Å².